The van der Waals surface area contributed by atoms with E-state index in [9.17, 15) is 0 Å². The summed E-state index contributed by atoms with van der Waals surface area (Å²) in [6, 6.07) is 13.0. The van der Waals surface area contributed by atoms with Gasteiger partial charge in [-0.1, -0.05) is 0 Å². The molecule has 0 N–H and O–H groups in total. The number of hydrogen-bond donors (Lipinski definition) is 0. The van der Waals surface area contributed by atoms with Gasteiger partial charge in [-0.3, -0.25) is 0 Å². The fourth-order valence-electron chi connectivity index (χ4n) is 4.23. The van der Waals surface area contributed by atoms with Gasteiger partial charge in [-0.25, -0.2) is 0 Å². The first-order valence-corrected chi connectivity index (χ1v) is 19.0. The molecule has 2 aromatic rings. The molecule has 0 bridgehead atoms. The van der Waals surface area contributed by atoms with Gasteiger partial charge in [-0.05, 0) is 0 Å². The van der Waals surface area contributed by atoms with E-state index in [0.717, 1.165) is 12.8 Å². The van der Waals surface area contributed by atoms with Crippen molar-refractivity contribution in [3.63, 3.8) is 0 Å². The summed E-state index contributed by atoms with van der Waals surface area (Å²) < 4.78 is 4.67. The van der Waals surface area contributed by atoms with Crippen molar-refractivity contribution in [3.8, 4) is 0 Å². The number of allylic oxidation sites excluding steroid dienone is 2. The standard InChI is InChI=1S/2C10H9.C2H4.2ClH.Zr/c2*1-8-4-2-5-9-6-3-7-10(8)9;1-2;;;/h2*2,4-5,7H,6H2,1H3;1H,2H3;2*1H;/q;;;;;+2/p-2. The number of aryl methyl sites for hydroxylation is 2. The second-order valence-corrected chi connectivity index (χ2v) is 27.7. The van der Waals surface area contributed by atoms with Gasteiger partial charge in [0.2, 0.25) is 0 Å². The Morgan fingerprint density at radius 3 is 1.60 bits per heavy atom. The maximum absolute atomic E-state index is 7.46. The SMILES string of the molecule is C[CH]=[Zr]([Cl])([Cl])([C]1=Cc2c(C)cccc2C1)[C]1=Cc2c(C)cccc2C1. The summed E-state index contributed by atoms with van der Waals surface area (Å²) >= 11 is -4.32. The maximum atomic E-state index is 7.46. The van der Waals surface area contributed by atoms with Crippen LogP contribution in [-0.2, 0) is 28.8 Å². The molecule has 0 radical (unpaired) electrons. The normalized spacial score (nSPS) is 16.2. The van der Waals surface area contributed by atoms with E-state index in [4.69, 9.17) is 17.0 Å². The molecule has 0 saturated carbocycles. The summed E-state index contributed by atoms with van der Waals surface area (Å²) in [6.07, 6.45) is 6.33. The Kier molecular flexibility index (Phi) is 4.15. The molecule has 2 aliphatic rings. The van der Waals surface area contributed by atoms with Crippen LogP contribution in [0.1, 0.15) is 40.3 Å². The van der Waals surface area contributed by atoms with E-state index in [2.05, 4.69) is 73.0 Å². The Labute approximate surface area is 157 Å². The molecule has 0 spiro atoms. The summed E-state index contributed by atoms with van der Waals surface area (Å²) in [5, 5.41) is 0. The van der Waals surface area contributed by atoms with Crippen molar-refractivity contribution in [1.29, 1.82) is 0 Å². The van der Waals surface area contributed by atoms with Gasteiger partial charge in [0.25, 0.3) is 0 Å². The van der Waals surface area contributed by atoms with Crippen LogP contribution in [0.3, 0.4) is 0 Å². The van der Waals surface area contributed by atoms with Gasteiger partial charge in [0.05, 0.1) is 0 Å². The van der Waals surface area contributed by atoms with E-state index >= 15 is 0 Å². The molecule has 0 unspecified atom stereocenters. The number of rotatable bonds is 2. The Morgan fingerprint density at radius 1 is 0.800 bits per heavy atom. The van der Waals surface area contributed by atoms with Crippen LogP contribution in [0.15, 0.2) is 43.0 Å². The Hall–Kier alpha value is -0.747. The van der Waals surface area contributed by atoms with Crippen molar-refractivity contribution in [3.05, 3.63) is 76.3 Å². The second kappa shape index (κ2) is 5.88. The second-order valence-electron chi connectivity index (χ2n) is 7.36. The molecule has 2 aliphatic carbocycles. The fraction of sp³-hybridized carbons (Fsp3) is 0.227. The van der Waals surface area contributed by atoms with E-state index in [1.807, 2.05) is 0 Å². The number of fused-ring (bicyclic) bond motifs is 2. The molecule has 0 atom stereocenters. The molecule has 128 valence electrons. The summed E-state index contributed by atoms with van der Waals surface area (Å²) in [5.41, 5.74) is 7.93. The van der Waals surface area contributed by atoms with Crippen molar-refractivity contribution >= 4 is 32.9 Å². The van der Waals surface area contributed by atoms with Gasteiger partial charge in [-0.2, -0.15) is 0 Å². The molecular formula is C22H22Cl2Zr. The first-order chi connectivity index (χ1) is 11.8. The monoisotopic (exact) mass is 446 g/mol. The van der Waals surface area contributed by atoms with E-state index in [1.54, 1.807) is 0 Å². The molecule has 0 fully saturated rings. The van der Waals surface area contributed by atoms with Crippen LogP contribution in [-0.4, -0.2) is 3.71 Å². The van der Waals surface area contributed by atoms with Gasteiger partial charge in [0.1, 0.15) is 0 Å². The summed E-state index contributed by atoms with van der Waals surface area (Å²) in [5.74, 6) is 0. The Bertz CT molecular complexity index is 956. The average molecular weight is 449 g/mol. The first kappa shape index (κ1) is 17.7. The van der Waals surface area contributed by atoms with Gasteiger partial charge < -0.3 is 0 Å². The van der Waals surface area contributed by atoms with E-state index in [-0.39, 0.29) is 0 Å². The molecular weight excluding hydrogens is 426 g/mol. The molecule has 0 aliphatic heterocycles. The third-order valence-electron chi connectivity index (χ3n) is 5.91. The van der Waals surface area contributed by atoms with Crippen LogP contribution in [0.5, 0.6) is 0 Å². The zero-order valence-electron chi connectivity index (χ0n) is 14.9. The van der Waals surface area contributed by atoms with Crippen LogP contribution < -0.4 is 0 Å². The van der Waals surface area contributed by atoms with Crippen molar-refractivity contribution in [2.24, 2.45) is 0 Å². The van der Waals surface area contributed by atoms with Crippen LogP contribution in [0.25, 0.3) is 12.2 Å². The molecule has 0 heterocycles. The number of benzene rings is 2. The summed E-state index contributed by atoms with van der Waals surface area (Å²) in [6.45, 7) is 6.38. The van der Waals surface area contributed by atoms with Crippen molar-refractivity contribution in [1.82, 2.24) is 0 Å². The quantitative estimate of drug-likeness (QED) is 0.485. The minimum atomic E-state index is -4.32. The van der Waals surface area contributed by atoms with Crippen molar-refractivity contribution in [2.75, 3.05) is 0 Å². The predicted octanol–water partition coefficient (Wildman–Crippen LogP) is 6.62. The van der Waals surface area contributed by atoms with E-state index in [1.165, 1.54) is 39.9 Å². The minimum absolute atomic E-state index is 0.881. The molecule has 0 aromatic heterocycles. The van der Waals surface area contributed by atoms with Crippen molar-refractivity contribution < 1.29 is 15.9 Å². The topological polar surface area (TPSA) is 0 Å². The van der Waals surface area contributed by atoms with Crippen LogP contribution in [0, 0.1) is 13.8 Å². The zero-order chi connectivity index (χ0) is 17.8. The van der Waals surface area contributed by atoms with Crippen LogP contribution >= 0.6 is 17.0 Å². The van der Waals surface area contributed by atoms with Gasteiger partial charge in [-0.15, -0.1) is 0 Å². The third kappa shape index (κ3) is 2.63. The van der Waals surface area contributed by atoms with Crippen molar-refractivity contribution in [2.45, 2.75) is 33.6 Å². The molecule has 0 amide bonds. The molecule has 25 heavy (non-hydrogen) atoms. The first-order valence-electron chi connectivity index (χ1n) is 8.80. The third-order valence-corrected chi connectivity index (χ3v) is 24.1. The molecule has 4 rings (SSSR count). The van der Waals surface area contributed by atoms with Gasteiger partial charge >= 0.3 is 159 Å². The van der Waals surface area contributed by atoms with Gasteiger partial charge in [0, 0.05) is 0 Å². The number of hydrogen-bond acceptors (Lipinski definition) is 0. The average Bonchev–Trinajstić information content (AvgIpc) is 3.21. The Balaban J connectivity index is 1.86. The summed E-state index contributed by atoms with van der Waals surface area (Å²) in [7, 11) is 14.9. The molecule has 3 heteroatoms. The Morgan fingerprint density at radius 2 is 1.24 bits per heavy atom. The molecule has 0 saturated heterocycles. The molecule has 2 aromatic carbocycles. The zero-order valence-corrected chi connectivity index (χ0v) is 18.8. The number of halogens is 2. The predicted molar refractivity (Wildman–Crippen MR) is 109 cm³/mol. The van der Waals surface area contributed by atoms with Crippen LogP contribution in [0.2, 0.25) is 0 Å². The summed E-state index contributed by atoms with van der Waals surface area (Å²) in [4.78, 5) is 0. The van der Waals surface area contributed by atoms with E-state index in [0.29, 0.717) is 0 Å². The van der Waals surface area contributed by atoms with Gasteiger partial charge in [0.15, 0.2) is 0 Å². The fourth-order valence-corrected chi connectivity index (χ4v) is 14.5. The van der Waals surface area contributed by atoms with E-state index < -0.39 is 15.9 Å². The van der Waals surface area contributed by atoms with Crippen LogP contribution in [0.4, 0.5) is 0 Å². The molecule has 0 nitrogen and oxygen atoms in total.